The fourth-order valence-electron chi connectivity index (χ4n) is 1.57. The normalized spacial score (nSPS) is 10.4. The molecule has 0 rings (SSSR count). The third-order valence-electron chi connectivity index (χ3n) is 2.48. The van der Waals surface area contributed by atoms with Crippen molar-refractivity contribution in [2.24, 2.45) is 0 Å². The van der Waals surface area contributed by atoms with Crippen molar-refractivity contribution in [1.29, 1.82) is 0 Å². The van der Waals surface area contributed by atoms with Gasteiger partial charge in [0.15, 0.2) is 0 Å². The Kier molecular flexibility index (Phi) is 10.4. The lowest BCUT2D eigenvalue weighted by Crippen LogP contribution is -1.87. The number of hydrogen-bond acceptors (Lipinski definition) is 1. The van der Waals surface area contributed by atoms with E-state index in [9.17, 15) is 9.18 Å². The van der Waals surface area contributed by atoms with E-state index in [1.807, 2.05) is 0 Å². The van der Waals surface area contributed by atoms with E-state index in [-0.39, 0.29) is 6.42 Å². The lowest BCUT2D eigenvalue weighted by Gasteiger charge is -2.00. The Balaban J connectivity index is 2.88. The van der Waals surface area contributed by atoms with E-state index in [1.165, 1.54) is 38.5 Å². The Morgan fingerprint density at radius 3 is 1.71 bits per heavy atom. The second kappa shape index (κ2) is 10.7. The predicted octanol–water partition coefficient (Wildman–Crippen LogP) is 4.40. The number of rotatable bonds is 10. The Morgan fingerprint density at radius 2 is 1.29 bits per heavy atom. The predicted molar refractivity (Wildman–Crippen MR) is 58.0 cm³/mol. The molecule has 0 aromatic heterocycles. The average molecular weight is 202 g/mol. The van der Waals surface area contributed by atoms with E-state index in [0.717, 1.165) is 19.3 Å². The number of carbonyl (C=O) groups excluding carboxylic acids is 1. The van der Waals surface area contributed by atoms with Crippen LogP contribution in [0.25, 0.3) is 0 Å². The van der Waals surface area contributed by atoms with E-state index in [4.69, 9.17) is 0 Å². The van der Waals surface area contributed by atoms with Crippen LogP contribution in [0.4, 0.5) is 4.39 Å². The Labute approximate surface area is 87.1 Å². The minimum Gasteiger partial charge on any atom is -0.261 e. The summed E-state index contributed by atoms with van der Waals surface area (Å²) in [5, 5.41) is 0. The SMILES string of the molecule is CCCCCCCCCCCC(=O)F. The molecule has 1 nitrogen and oxygen atoms in total. The fraction of sp³-hybridized carbons (Fsp3) is 0.917. The van der Waals surface area contributed by atoms with Gasteiger partial charge in [-0.25, -0.2) is 0 Å². The minimum atomic E-state index is -1.16. The van der Waals surface area contributed by atoms with E-state index < -0.39 is 6.04 Å². The number of carbonyl (C=O) groups is 1. The molecule has 14 heavy (non-hydrogen) atoms. The average Bonchev–Trinajstić information content (AvgIpc) is 2.15. The van der Waals surface area contributed by atoms with Gasteiger partial charge >= 0.3 is 6.04 Å². The Hall–Kier alpha value is -0.400. The molecule has 2 heteroatoms. The van der Waals surface area contributed by atoms with Gasteiger partial charge in [-0.05, 0) is 6.42 Å². The van der Waals surface area contributed by atoms with Crippen LogP contribution in [-0.4, -0.2) is 6.04 Å². The van der Waals surface area contributed by atoms with Crippen LogP contribution in [0, 0.1) is 0 Å². The first-order valence-corrected chi connectivity index (χ1v) is 5.95. The smallest absolute Gasteiger partial charge is 0.261 e. The van der Waals surface area contributed by atoms with Gasteiger partial charge in [0, 0.05) is 6.42 Å². The molecule has 0 radical (unpaired) electrons. The second-order valence-electron chi connectivity index (χ2n) is 3.93. The van der Waals surface area contributed by atoms with Gasteiger partial charge < -0.3 is 0 Å². The second-order valence-corrected chi connectivity index (χ2v) is 3.93. The van der Waals surface area contributed by atoms with Crippen LogP contribution >= 0.6 is 0 Å². The van der Waals surface area contributed by atoms with Gasteiger partial charge in [0.2, 0.25) is 0 Å². The zero-order valence-electron chi connectivity index (χ0n) is 9.36. The molecule has 0 saturated carbocycles. The molecule has 0 aliphatic heterocycles. The van der Waals surface area contributed by atoms with E-state index in [1.54, 1.807) is 0 Å². The fourth-order valence-corrected chi connectivity index (χ4v) is 1.57. The standard InChI is InChI=1S/C12H23FO/c1-2-3-4-5-6-7-8-9-10-11-12(13)14/h2-11H2,1H3. The maximum atomic E-state index is 11.8. The molecule has 0 spiro atoms. The Morgan fingerprint density at radius 1 is 0.857 bits per heavy atom. The van der Waals surface area contributed by atoms with Gasteiger partial charge in [0.1, 0.15) is 0 Å². The summed E-state index contributed by atoms with van der Waals surface area (Å²) in [5.41, 5.74) is 0. The summed E-state index contributed by atoms with van der Waals surface area (Å²) in [6.07, 6.45) is 10.8. The molecular formula is C12H23FO. The lowest BCUT2D eigenvalue weighted by molar-refractivity contribution is -0.129. The van der Waals surface area contributed by atoms with E-state index in [2.05, 4.69) is 6.92 Å². The summed E-state index contributed by atoms with van der Waals surface area (Å²) in [7, 11) is 0. The van der Waals surface area contributed by atoms with Gasteiger partial charge in [0.25, 0.3) is 0 Å². The first-order valence-electron chi connectivity index (χ1n) is 5.95. The highest BCUT2D eigenvalue weighted by atomic mass is 19.1. The van der Waals surface area contributed by atoms with Crippen molar-refractivity contribution >= 4 is 6.04 Å². The van der Waals surface area contributed by atoms with Crippen molar-refractivity contribution in [3.05, 3.63) is 0 Å². The molecule has 0 aliphatic rings. The molecular weight excluding hydrogens is 179 g/mol. The van der Waals surface area contributed by atoms with Gasteiger partial charge in [-0.1, -0.05) is 58.3 Å². The molecule has 0 bridgehead atoms. The van der Waals surface area contributed by atoms with Crippen LogP contribution in [0.3, 0.4) is 0 Å². The molecule has 0 aromatic carbocycles. The first kappa shape index (κ1) is 13.6. The van der Waals surface area contributed by atoms with Gasteiger partial charge in [-0.3, -0.25) is 4.79 Å². The molecule has 0 atom stereocenters. The van der Waals surface area contributed by atoms with Gasteiger partial charge in [0.05, 0.1) is 0 Å². The number of halogens is 1. The largest absolute Gasteiger partial charge is 0.301 e. The first-order chi connectivity index (χ1) is 6.77. The zero-order chi connectivity index (χ0) is 10.6. The zero-order valence-corrected chi connectivity index (χ0v) is 9.36. The summed E-state index contributed by atoms with van der Waals surface area (Å²) < 4.78 is 11.8. The monoisotopic (exact) mass is 202 g/mol. The van der Waals surface area contributed by atoms with E-state index in [0.29, 0.717) is 0 Å². The van der Waals surface area contributed by atoms with Gasteiger partial charge in [-0.2, -0.15) is 4.39 Å². The third kappa shape index (κ3) is 11.6. The summed E-state index contributed by atoms with van der Waals surface area (Å²) in [4.78, 5) is 9.98. The molecule has 0 unspecified atom stereocenters. The minimum absolute atomic E-state index is 0.121. The molecule has 0 fully saturated rings. The summed E-state index contributed by atoms with van der Waals surface area (Å²) in [6.45, 7) is 2.22. The lowest BCUT2D eigenvalue weighted by atomic mass is 10.1. The highest BCUT2D eigenvalue weighted by Crippen LogP contribution is 2.10. The summed E-state index contributed by atoms with van der Waals surface area (Å²) in [6, 6.07) is -1.16. The molecule has 84 valence electrons. The van der Waals surface area contributed by atoms with Crippen molar-refractivity contribution < 1.29 is 9.18 Å². The topological polar surface area (TPSA) is 17.1 Å². The highest BCUT2D eigenvalue weighted by molar-refractivity contribution is 5.67. The van der Waals surface area contributed by atoms with Crippen molar-refractivity contribution in [2.45, 2.75) is 71.1 Å². The molecule has 0 aliphatic carbocycles. The number of unbranched alkanes of at least 4 members (excludes halogenated alkanes) is 8. The Bertz CT molecular complexity index is 134. The maximum absolute atomic E-state index is 11.8. The van der Waals surface area contributed by atoms with Crippen molar-refractivity contribution in [2.75, 3.05) is 0 Å². The van der Waals surface area contributed by atoms with Gasteiger partial charge in [-0.15, -0.1) is 0 Å². The van der Waals surface area contributed by atoms with Crippen molar-refractivity contribution in [3.8, 4) is 0 Å². The third-order valence-corrected chi connectivity index (χ3v) is 2.48. The summed E-state index contributed by atoms with van der Waals surface area (Å²) >= 11 is 0. The molecule has 0 amide bonds. The molecule has 0 saturated heterocycles. The highest BCUT2D eigenvalue weighted by Gasteiger charge is 1.97. The van der Waals surface area contributed by atoms with Crippen LogP contribution in [0.1, 0.15) is 71.1 Å². The molecule has 0 heterocycles. The van der Waals surface area contributed by atoms with E-state index >= 15 is 0 Å². The summed E-state index contributed by atoms with van der Waals surface area (Å²) in [5.74, 6) is 0. The van der Waals surface area contributed by atoms with Crippen molar-refractivity contribution in [1.82, 2.24) is 0 Å². The van der Waals surface area contributed by atoms with Crippen LogP contribution in [0.2, 0.25) is 0 Å². The van der Waals surface area contributed by atoms with Crippen molar-refractivity contribution in [3.63, 3.8) is 0 Å². The van der Waals surface area contributed by atoms with Crippen LogP contribution in [-0.2, 0) is 4.79 Å². The number of hydrogen-bond donors (Lipinski definition) is 0. The van der Waals surface area contributed by atoms with Crippen LogP contribution < -0.4 is 0 Å². The quantitative estimate of drug-likeness (QED) is 0.379. The van der Waals surface area contributed by atoms with Crippen LogP contribution in [0.15, 0.2) is 0 Å². The maximum Gasteiger partial charge on any atom is 0.301 e. The molecule has 0 N–H and O–H groups in total. The van der Waals surface area contributed by atoms with Crippen LogP contribution in [0.5, 0.6) is 0 Å². The molecule has 0 aromatic rings.